The molecule has 0 spiro atoms. The topological polar surface area (TPSA) is 128 Å². The van der Waals surface area contributed by atoms with Crippen molar-refractivity contribution in [3.63, 3.8) is 0 Å². The molecule has 1 heterocycles. The van der Waals surface area contributed by atoms with E-state index in [1.165, 1.54) is 12.1 Å². The Hall–Kier alpha value is -3.95. The molecule has 0 bridgehead atoms. The molecule has 0 aliphatic carbocycles. The Labute approximate surface area is 166 Å². The molecule has 10 heteroatoms. The quantitative estimate of drug-likeness (QED) is 0.591. The lowest BCUT2D eigenvalue weighted by Crippen LogP contribution is -2.21. The van der Waals surface area contributed by atoms with Gasteiger partial charge in [-0.1, -0.05) is 12.1 Å². The van der Waals surface area contributed by atoms with Crippen LogP contribution in [0.5, 0.6) is 11.5 Å². The lowest BCUT2D eigenvalue weighted by molar-refractivity contribution is -0.117. The Morgan fingerprint density at radius 3 is 2.69 bits per heavy atom. The highest BCUT2D eigenvalue weighted by molar-refractivity contribution is 6.00. The Kier molecular flexibility index (Phi) is 6.03. The summed E-state index contributed by atoms with van der Waals surface area (Å²) in [6.45, 7) is 2.11. The second-order valence-corrected chi connectivity index (χ2v) is 5.84. The zero-order valence-corrected chi connectivity index (χ0v) is 15.8. The van der Waals surface area contributed by atoms with Gasteiger partial charge in [-0.05, 0) is 42.5 Å². The van der Waals surface area contributed by atoms with Crippen molar-refractivity contribution in [2.45, 2.75) is 13.5 Å². The van der Waals surface area contributed by atoms with Crippen LogP contribution in [-0.2, 0) is 11.3 Å². The minimum absolute atomic E-state index is 0.00484. The number of anilines is 1. The molecule has 3 rings (SSSR count). The van der Waals surface area contributed by atoms with E-state index in [1.54, 1.807) is 37.4 Å². The molecular weight excluding hydrogens is 378 g/mol. The number of para-hydroxylation sites is 1. The summed E-state index contributed by atoms with van der Waals surface area (Å²) in [5.41, 5.74) is 0.841. The van der Waals surface area contributed by atoms with Crippen LogP contribution in [0, 0.1) is 0 Å². The summed E-state index contributed by atoms with van der Waals surface area (Å²) < 4.78 is 10.8. The van der Waals surface area contributed by atoms with E-state index < -0.39 is 11.9 Å². The minimum atomic E-state index is -1.13. The molecule has 0 saturated carbocycles. The van der Waals surface area contributed by atoms with Gasteiger partial charge in [-0.3, -0.25) is 4.79 Å². The van der Waals surface area contributed by atoms with Crippen LogP contribution < -0.4 is 14.8 Å². The van der Waals surface area contributed by atoms with Crippen LogP contribution in [0.2, 0.25) is 0 Å². The third-order valence-electron chi connectivity index (χ3n) is 3.89. The first-order valence-corrected chi connectivity index (χ1v) is 8.73. The number of amides is 1. The van der Waals surface area contributed by atoms with E-state index in [9.17, 15) is 14.7 Å². The maximum atomic E-state index is 12.3. The molecule has 2 N–H and O–H groups in total. The van der Waals surface area contributed by atoms with E-state index in [1.807, 2.05) is 6.92 Å². The monoisotopic (exact) mass is 397 g/mol. The van der Waals surface area contributed by atoms with Crippen molar-refractivity contribution in [1.29, 1.82) is 0 Å². The predicted octanol–water partition coefficient (Wildman–Crippen LogP) is 2.08. The van der Waals surface area contributed by atoms with Gasteiger partial charge in [0.2, 0.25) is 11.7 Å². The molecule has 0 aliphatic heterocycles. The van der Waals surface area contributed by atoms with Crippen LogP contribution in [0.25, 0.3) is 11.4 Å². The van der Waals surface area contributed by atoms with Crippen LogP contribution in [0.3, 0.4) is 0 Å². The number of nitrogens with zero attached hydrogens (tertiary/aromatic N) is 4. The van der Waals surface area contributed by atoms with Crippen molar-refractivity contribution in [3.05, 3.63) is 48.0 Å². The number of hydrogen-bond donors (Lipinski definition) is 2. The number of ether oxygens (including phenoxy) is 2. The summed E-state index contributed by atoms with van der Waals surface area (Å²) in [7, 11) is 1.55. The van der Waals surface area contributed by atoms with Crippen molar-refractivity contribution in [2.75, 3.05) is 19.0 Å². The van der Waals surface area contributed by atoms with Gasteiger partial charge in [-0.25, -0.2) is 4.79 Å². The molecule has 150 valence electrons. The van der Waals surface area contributed by atoms with Gasteiger partial charge in [0.25, 0.3) is 0 Å². The summed E-state index contributed by atoms with van der Waals surface area (Å²) in [5, 5.41) is 23.8. The molecule has 10 nitrogen and oxygen atoms in total. The average Bonchev–Trinajstić information content (AvgIpc) is 3.16. The molecule has 1 aromatic heterocycles. The maximum Gasteiger partial charge on any atom is 0.337 e. The third-order valence-corrected chi connectivity index (χ3v) is 3.89. The highest BCUT2D eigenvalue weighted by Gasteiger charge is 2.15. The lowest BCUT2D eigenvalue weighted by Gasteiger charge is -2.09. The van der Waals surface area contributed by atoms with Crippen molar-refractivity contribution >= 4 is 17.6 Å². The maximum absolute atomic E-state index is 12.3. The highest BCUT2D eigenvalue weighted by Crippen LogP contribution is 2.31. The van der Waals surface area contributed by atoms with Crippen molar-refractivity contribution in [3.8, 4) is 22.9 Å². The van der Waals surface area contributed by atoms with Gasteiger partial charge in [0.1, 0.15) is 6.54 Å². The number of aromatic carboxylic acids is 1. The second kappa shape index (κ2) is 8.83. The molecule has 0 fully saturated rings. The lowest BCUT2D eigenvalue weighted by atomic mass is 10.2. The fourth-order valence-corrected chi connectivity index (χ4v) is 2.61. The van der Waals surface area contributed by atoms with Gasteiger partial charge in [-0.2, -0.15) is 4.80 Å². The summed E-state index contributed by atoms with van der Waals surface area (Å²) in [4.78, 5) is 24.6. The van der Waals surface area contributed by atoms with Crippen molar-refractivity contribution in [1.82, 2.24) is 20.2 Å². The number of tetrazole rings is 1. The van der Waals surface area contributed by atoms with E-state index in [-0.39, 0.29) is 17.8 Å². The first-order chi connectivity index (χ1) is 14.0. The fraction of sp³-hybridized carbons (Fsp3) is 0.211. The summed E-state index contributed by atoms with van der Waals surface area (Å²) in [6, 6.07) is 11.3. The number of carbonyl (C=O) groups excluding carboxylic acids is 1. The number of aromatic nitrogens is 4. The van der Waals surface area contributed by atoms with Gasteiger partial charge < -0.3 is 19.9 Å². The Bertz CT molecular complexity index is 1030. The first-order valence-electron chi connectivity index (χ1n) is 8.73. The predicted molar refractivity (Wildman–Crippen MR) is 103 cm³/mol. The van der Waals surface area contributed by atoms with E-state index in [2.05, 4.69) is 20.7 Å². The summed E-state index contributed by atoms with van der Waals surface area (Å²) in [5.74, 6) is -0.169. The van der Waals surface area contributed by atoms with E-state index in [0.29, 0.717) is 29.5 Å². The molecule has 2 aromatic carbocycles. The van der Waals surface area contributed by atoms with Gasteiger partial charge in [0.15, 0.2) is 11.5 Å². The normalized spacial score (nSPS) is 10.4. The van der Waals surface area contributed by atoms with Gasteiger partial charge in [0.05, 0.1) is 25.0 Å². The molecule has 0 radical (unpaired) electrons. The van der Waals surface area contributed by atoms with E-state index >= 15 is 0 Å². The third kappa shape index (κ3) is 4.67. The van der Waals surface area contributed by atoms with Crippen molar-refractivity contribution in [2.24, 2.45) is 0 Å². The Balaban J connectivity index is 1.73. The number of carbonyl (C=O) groups is 2. The molecule has 1 amide bonds. The number of rotatable bonds is 8. The van der Waals surface area contributed by atoms with Crippen LogP contribution in [-0.4, -0.2) is 50.9 Å². The van der Waals surface area contributed by atoms with Gasteiger partial charge in [0, 0.05) is 5.56 Å². The average molecular weight is 397 g/mol. The largest absolute Gasteiger partial charge is 0.493 e. The Morgan fingerprint density at radius 2 is 1.97 bits per heavy atom. The standard InChI is InChI=1S/C19H19N5O5/c1-3-29-16-10-12(8-9-15(16)28-2)18-21-23-24(22-18)11-17(25)20-14-7-5-4-6-13(14)19(26)27/h4-10H,3,11H2,1-2H3,(H,20,25)(H,26,27). The number of nitrogens with one attached hydrogen (secondary N) is 1. The summed E-state index contributed by atoms with van der Waals surface area (Å²) >= 11 is 0. The molecular formula is C19H19N5O5. The SMILES string of the molecule is CCOc1cc(-c2nnn(CC(=O)Nc3ccccc3C(=O)O)n2)ccc1OC. The van der Waals surface area contributed by atoms with E-state index in [0.717, 1.165) is 4.80 Å². The first kappa shape index (κ1) is 19.8. The smallest absolute Gasteiger partial charge is 0.337 e. The van der Waals surface area contributed by atoms with Crippen LogP contribution in [0.1, 0.15) is 17.3 Å². The van der Waals surface area contributed by atoms with Crippen molar-refractivity contribution < 1.29 is 24.2 Å². The number of carboxylic acids is 1. The highest BCUT2D eigenvalue weighted by atomic mass is 16.5. The van der Waals surface area contributed by atoms with Crippen LogP contribution in [0.4, 0.5) is 5.69 Å². The van der Waals surface area contributed by atoms with Gasteiger partial charge in [-0.15, -0.1) is 10.2 Å². The summed E-state index contributed by atoms with van der Waals surface area (Å²) in [6.07, 6.45) is 0. The molecule has 3 aromatic rings. The number of benzene rings is 2. The zero-order chi connectivity index (χ0) is 20.8. The zero-order valence-electron chi connectivity index (χ0n) is 15.8. The molecule has 0 atom stereocenters. The van der Waals surface area contributed by atoms with Gasteiger partial charge >= 0.3 is 5.97 Å². The molecule has 0 unspecified atom stereocenters. The molecule has 29 heavy (non-hydrogen) atoms. The Morgan fingerprint density at radius 1 is 1.17 bits per heavy atom. The second-order valence-electron chi connectivity index (χ2n) is 5.84. The van der Waals surface area contributed by atoms with Crippen LogP contribution >= 0.6 is 0 Å². The number of hydrogen-bond acceptors (Lipinski definition) is 7. The van der Waals surface area contributed by atoms with E-state index in [4.69, 9.17) is 9.47 Å². The number of carboxylic acid groups (broad SMARTS) is 1. The fourth-order valence-electron chi connectivity index (χ4n) is 2.61. The molecule has 0 aliphatic rings. The molecule has 0 saturated heterocycles. The minimum Gasteiger partial charge on any atom is -0.493 e. The van der Waals surface area contributed by atoms with Crippen LogP contribution in [0.15, 0.2) is 42.5 Å². The number of methoxy groups -OCH3 is 1.